The van der Waals surface area contributed by atoms with Crippen molar-refractivity contribution in [3.63, 3.8) is 0 Å². The highest BCUT2D eigenvalue weighted by Gasteiger charge is 2.17. The Morgan fingerprint density at radius 2 is 0.796 bits per heavy atom. The fourth-order valence-corrected chi connectivity index (χ4v) is 6.93. The van der Waals surface area contributed by atoms with Gasteiger partial charge < -0.3 is 8.83 Å². The summed E-state index contributed by atoms with van der Waals surface area (Å²) in [4.78, 5) is 19.3. The normalized spacial score (nSPS) is 11.3. The van der Waals surface area contributed by atoms with Crippen LogP contribution in [-0.4, -0.2) is 19.9 Å². The Labute approximate surface area is 311 Å². The third kappa shape index (κ3) is 5.82. The first kappa shape index (κ1) is 31.3. The molecule has 6 nitrogen and oxygen atoms in total. The molecule has 0 saturated heterocycles. The lowest BCUT2D eigenvalue weighted by molar-refractivity contribution is 0.619. The van der Waals surface area contributed by atoms with Gasteiger partial charge in [-0.25, -0.2) is 15.0 Å². The maximum absolute atomic E-state index is 6.05. The fraction of sp³-hybridized carbons (Fsp3) is 0. The zero-order chi connectivity index (χ0) is 35.8. The Hall–Kier alpha value is -7.44. The Morgan fingerprint density at radius 3 is 1.35 bits per heavy atom. The van der Waals surface area contributed by atoms with E-state index in [0.29, 0.717) is 11.8 Å². The van der Waals surface area contributed by atoms with Crippen LogP contribution in [0.15, 0.2) is 191 Å². The molecule has 4 heterocycles. The molecule has 0 fully saturated rings. The van der Waals surface area contributed by atoms with Crippen molar-refractivity contribution in [3.05, 3.63) is 182 Å². The van der Waals surface area contributed by atoms with E-state index in [1.54, 1.807) is 6.20 Å². The highest BCUT2D eigenvalue weighted by Crippen LogP contribution is 2.39. The van der Waals surface area contributed by atoms with Crippen LogP contribution in [0.4, 0.5) is 0 Å². The van der Waals surface area contributed by atoms with Gasteiger partial charge >= 0.3 is 0 Å². The smallest absolute Gasteiger partial charge is 0.227 e. The Balaban J connectivity index is 1.01. The second-order valence-electron chi connectivity index (χ2n) is 13.1. The van der Waals surface area contributed by atoms with Crippen molar-refractivity contribution in [2.45, 2.75) is 0 Å². The SMILES string of the molecule is c1ccc(-c2ccc(-c3ccc(-c4ccc(-c5nc6ccccc6o5)cc4)cc3)c(-c3ccccc3-c3ccc(-c4nc5ccccc5o4)cc3)n2)nc1. The van der Waals surface area contributed by atoms with Crippen molar-refractivity contribution in [2.75, 3.05) is 0 Å². The van der Waals surface area contributed by atoms with Gasteiger partial charge in [0.05, 0.1) is 17.1 Å². The summed E-state index contributed by atoms with van der Waals surface area (Å²) in [5.74, 6) is 1.22. The van der Waals surface area contributed by atoms with Crippen LogP contribution in [0.1, 0.15) is 0 Å². The number of oxazole rings is 2. The molecule has 4 aromatic heterocycles. The number of nitrogens with zero attached hydrogens (tertiary/aromatic N) is 4. The molecule has 0 saturated carbocycles. The van der Waals surface area contributed by atoms with Crippen LogP contribution in [0.2, 0.25) is 0 Å². The Morgan fingerprint density at radius 1 is 0.315 bits per heavy atom. The van der Waals surface area contributed by atoms with Crippen LogP contribution in [0.5, 0.6) is 0 Å². The lowest BCUT2D eigenvalue weighted by atomic mass is 9.91. The third-order valence-corrected chi connectivity index (χ3v) is 9.70. The van der Waals surface area contributed by atoms with Crippen LogP contribution in [0.3, 0.4) is 0 Å². The van der Waals surface area contributed by atoms with Crippen LogP contribution >= 0.6 is 0 Å². The van der Waals surface area contributed by atoms with Gasteiger partial charge in [0.15, 0.2) is 11.2 Å². The van der Waals surface area contributed by atoms with Crippen molar-refractivity contribution in [3.8, 4) is 78.9 Å². The van der Waals surface area contributed by atoms with Crippen molar-refractivity contribution in [2.24, 2.45) is 0 Å². The third-order valence-electron chi connectivity index (χ3n) is 9.70. The second-order valence-corrected chi connectivity index (χ2v) is 13.1. The first-order chi connectivity index (χ1) is 26.7. The van der Waals surface area contributed by atoms with Crippen LogP contribution in [-0.2, 0) is 0 Å². The van der Waals surface area contributed by atoms with E-state index in [1.165, 1.54) is 0 Å². The van der Waals surface area contributed by atoms with Crippen molar-refractivity contribution in [1.82, 2.24) is 19.9 Å². The molecule has 54 heavy (non-hydrogen) atoms. The lowest BCUT2D eigenvalue weighted by Gasteiger charge is -2.16. The number of hydrogen-bond acceptors (Lipinski definition) is 6. The summed E-state index contributed by atoms with van der Waals surface area (Å²) in [6, 6.07) is 59.6. The summed E-state index contributed by atoms with van der Waals surface area (Å²) in [6.07, 6.45) is 1.80. The Kier molecular flexibility index (Phi) is 7.69. The first-order valence-corrected chi connectivity index (χ1v) is 17.8. The van der Waals surface area contributed by atoms with E-state index < -0.39 is 0 Å². The molecule has 0 radical (unpaired) electrons. The summed E-state index contributed by atoms with van der Waals surface area (Å²) in [7, 11) is 0. The lowest BCUT2D eigenvalue weighted by Crippen LogP contribution is -1.96. The quantitative estimate of drug-likeness (QED) is 0.165. The van der Waals surface area contributed by atoms with E-state index in [4.69, 9.17) is 18.8 Å². The van der Waals surface area contributed by atoms with Gasteiger partial charge in [0.1, 0.15) is 11.0 Å². The predicted octanol–water partition coefficient (Wildman–Crippen LogP) is 12.4. The van der Waals surface area contributed by atoms with E-state index in [0.717, 1.165) is 89.4 Å². The van der Waals surface area contributed by atoms with Gasteiger partial charge in [0.2, 0.25) is 11.8 Å². The average molecular weight is 695 g/mol. The topological polar surface area (TPSA) is 77.8 Å². The van der Waals surface area contributed by atoms with E-state index in [2.05, 4.69) is 119 Å². The van der Waals surface area contributed by atoms with Gasteiger partial charge in [-0.1, -0.05) is 103 Å². The first-order valence-electron chi connectivity index (χ1n) is 17.8. The zero-order valence-electron chi connectivity index (χ0n) is 28.9. The van der Waals surface area contributed by atoms with E-state index in [9.17, 15) is 0 Å². The average Bonchev–Trinajstić information content (AvgIpc) is 3.89. The largest absolute Gasteiger partial charge is 0.436 e. The molecule has 0 N–H and O–H groups in total. The number of aromatic nitrogens is 4. The van der Waals surface area contributed by atoms with Gasteiger partial charge in [-0.3, -0.25) is 4.98 Å². The van der Waals surface area contributed by atoms with Crippen LogP contribution < -0.4 is 0 Å². The van der Waals surface area contributed by atoms with Crippen LogP contribution in [0.25, 0.3) is 101 Å². The zero-order valence-corrected chi connectivity index (χ0v) is 28.9. The summed E-state index contributed by atoms with van der Waals surface area (Å²) in [5.41, 5.74) is 15.1. The van der Waals surface area contributed by atoms with Gasteiger partial charge in [0, 0.05) is 28.5 Å². The molecule has 10 aromatic rings. The van der Waals surface area contributed by atoms with Gasteiger partial charge in [-0.05, 0) is 101 Å². The maximum atomic E-state index is 6.05. The molecule has 0 aliphatic heterocycles. The van der Waals surface area contributed by atoms with Gasteiger partial charge in [0.25, 0.3) is 0 Å². The van der Waals surface area contributed by atoms with Crippen molar-refractivity contribution < 1.29 is 8.83 Å². The molecule has 0 atom stereocenters. The minimum Gasteiger partial charge on any atom is -0.436 e. The molecule has 0 bridgehead atoms. The standard InChI is InChI=1S/C48H30N4O2/c1-2-10-39(37(9-1)33-22-26-36(27-23-33)48-52-43-13-4-6-15-45(43)54-48)46-38(28-29-41(50-46)40-11-7-8-30-49-40)34-20-16-31(17-21-34)32-18-24-35(25-19-32)47-51-42-12-3-5-14-44(42)53-47/h1-30H. The number of hydrogen-bond donors (Lipinski definition) is 0. The molecule has 6 heteroatoms. The number of fused-ring (bicyclic) bond motifs is 2. The van der Waals surface area contributed by atoms with E-state index >= 15 is 0 Å². The van der Waals surface area contributed by atoms with Gasteiger partial charge in [-0.15, -0.1) is 0 Å². The molecule has 0 aliphatic carbocycles. The predicted molar refractivity (Wildman–Crippen MR) is 215 cm³/mol. The number of pyridine rings is 2. The number of rotatable bonds is 7. The minimum absolute atomic E-state index is 0.602. The molecule has 0 aliphatic rings. The number of benzene rings is 6. The van der Waals surface area contributed by atoms with E-state index in [-0.39, 0.29) is 0 Å². The van der Waals surface area contributed by atoms with Crippen molar-refractivity contribution >= 4 is 22.2 Å². The molecule has 0 amide bonds. The molecule has 0 spiro atoms. The maximum Gasteiger partial charge on any atom is 0.227 e. The van der Waals surface area contributed by atoms with E-state index in [1.807, 2.05) is 66.7 Å². The van der Waals surface area contributed by atoms with Crippen molar-refractivity contribution in [1.29, 1.82) is 0 Å². The molecule has 10 rings (SSSR count). The van der Waals surface area contributed by atoms with Gasteiger partial charge in [-0.2, -0.15) is 0 Å². The summed E-state index contributed by atoms with van der Waals surface area (Å²) in [5, 5.41) is 0. The molecular weight excluding hydrogens is 665 g/mol. The monoisotopic (exact) mass is 694 g/mol. The highest BCUT2D eigenvalue weighted by atomic mass is 16.4. The number of para-hydroxylation sites is 4. The second kappa shape index (κ2) is 13.3. The highest BCUT2D eigenvalue weighted by molar-refractivity contribution is 5.91. The molecule has 6 aromatic carbocycles. The molecular formula is C48H30N4O2. The van der Waals surface area contributed by atoms with Crippen LogP contribution in [0, 0.1) is 0 Å². The molecule has 0 unspecified atom stereocenters. The minimum atomic E-state index is 0.602. The summed E-state index contributed by atoms with van der Waals surface area (Å²) in [6.45, 7) is 0. The summed E-state index contributed by atoms with van der Waals surface area (Å²) >= 11 is 0. The Bertz CT molecular complexity index is 2850. The fourth-order valence-electron chi connectivity index (χ4n) is 6.93. The molecule has 254 valence electrons. The summed E-state index contributed by atoms with van der Waals surface area (Å²) < 4.78 is 12.0.